The molecule has 0 bridgehead atoms. The van der Waals surface area contributed by atoms with Gasteiger partial charge < -0.3 is 10.5 Å². The van der Waals surface area contributed by atoms with Crippen molar-refractivity contribution in [2.75, 3.05) is 13.7 Å². The average Bonchev–Trinajstić information content (AvgIpc) is 2.30. The summed E-state index contributed by atoms with van der Waals surface area (Å²) in [5.41, 5.74) is 6.15. The Hall–Kier alpha value is -1.07. The van der Waals surface area contributed by atoms with Gasteiger partial charge in [-0.25, -0.2) is 8.42 Å². The highest BCUT2D eigenvalue weighted by Gasteiger charge is 2.20. The van der Waals surface area contributed by atoms with E-state index in [1.54, 1.807) is 38.3 Å². The molecular weight excluding hydrogens is 238 g/mol. The molecule has 0 saturated heterocycles. The summed E-state index contributed by atoms with van der Waals surface area (Å²) in [6.45, 7) is 2.09. The van der Waals surface area contributed by atoms with Crippen molar-refractivity contribution in [2.24, 2.45) is 5.73 Å². The molecule has 5 heteroatoms. The molecule has 2 N–H and O–H groups in total. The first-order valence-electron chi connectivity index (χ1n) is 5.54. The lowest BCUT2D eigenvalue weighted by molar-refractivity contribution is 0.414. The SMILES string of the molecule is COc1ccc(CS(=O)(=O)C(C)CCN)cc1. The zero-order chi connectivity index (χ0) is 12.9. The van der Waals surface area contributed by atoms with E-state index in [9.17, 15) is 8.42 Å². The van der Waals surface area contributed by atoms with Crippen LogP contribution in [0.15, 0.2) is 24.3 Å². The van der Waals surface area contributed by atoms with E-state index < -0.39 is 15.1 Å². The minimum atomic E-state index is -3.12. The van der Waals surface area contributed by atoms with Gasteiger partial charge in [-0.15, -0.1) is 0 Å². The zero-order valence-corrected chi connectivity index (χ0v) is 11.0. The maximum absolute atomic E-state index is 12.0. The Morgan fingerprint density at radius 1 is 1.29 bits per heavy atom. The van der Waals surface area contributed by atoms with Crippen LogP contribution in [0.4, 0.5) is 0 Å². The molecule has 4 nitrogen and oxygen atoms in total. The molecule has 0 aliphatic rings. The summed E-state index contributed by atoms with van der Waals surface area (Å²) in [6, 6.07) is 7.06. The number of benzene rings is 1. The van der Waals surface area contributed by atoms with Crippen molar-refractivity contribution < 1.29 is 13.2 Å². The largest absolute Gasteiger partial charge is 0.497 e. The van der Waals surface area contributed by atoms with Crippen molar-refractivity contribution in [1.82, 2.24) is 0 Å². The van der Waals surface area contributed by atoms with Gasteiger partial charge in [0, 0.05) is 0 Å². The van der Waals surface area contributed by atoms with Crippen molar-refractivity contribution in [2.45, 2.75) is 24.3 Å². The van der Waals surface area contributed by atoms with E-state index in [2.05, 4.69) is 0 Å². The van der Waals surface area contributed by atoms with E-state index in [4.69, 9.17) is 10.5 Å². The minimum Gasteiger partial charge on any atom is -0.497 e. The smallest absolute Gasteiger partial charge is 0.157 e. The summed E-state index contributed by atoms with van der Waals surface area (Å²) in [5, 5.41) is -0.394. The first kappa shape index (κ1) is 14.0. The average molecular weight is 257 g/mol. The summed E-state index contributed by atoms with van der Waals surface area (Å²) in [7, 11) is -1.54. The highest BCUT2D eigenvalue weighted by atomic mass is 32.2. The van der Waals surface area contributed by atoms with Crippen LogP contribution < -0.4 is 10.5 Å². The molecular formula is C12H19NO3S. The highest BCUT2D eigenvalue weighted by molar-refractivity contribution is 7.91. The summed E-state index contributed by atoms with van der Waals surface area (Å²) < 4.78 is 28.9. The van der Waals surface area contributed by atoms with E-state index in [0.717, 1.165) is 11.3 Å². The Balaban J connectivity index is 2.75. The Labute approximate surface area is 103 Å². The van der Waals surface area contributed by atoms with Gasteiger partial charge in [0.15, 0.2) is 9.84 Å². The second-order valence-corrected chi connectivity index (χ2v) is 6.46. The lowest BCUT2D eigenvalue weighted by Crippen LogP contribution is -2.22. The van der Waals surface area contributed by atoms with Crippen LogP contribution in [0, 0.1) is 0 Å². The van der Waals surface area contributed by atoms with Crippen LogP contribution >= 0.6 is 0 Å². The molecule has 0 aliphatic heterocycles. The van der Waals surface area contributed by atoms with Crippen LogP contribution in [0.5, 0.6) is 5.75 Å². The van der Waals surface area contributed by atoms with E-state index in [1.807, 2.05) is 0 Å². The predicted octanol–water partition coefficient (Wildman–Crippen LogP) is 1.35. The lowest BCUT2D eigenvalue weighted by Gasteiger charge is -2.12. The number of nitrogens with two attached hydrogens (primary N) is 1. The quantitative estimate of drug-likeness (QED) is 0.835. The highest BCUT2D eigenvalue weighted by Crippen LogP contribution is 2.16. The van der Waals surface area contributed by atoms with Crippen LogP contribution in [0.2, 0.25) is 0 Å². The maximum atomic E-state index is 12.0. The second-order valence-electron chi connectivity index (χ2n) is 4.04. The van der Waals surface area contributed by atoms with E-state index in [0.29, 0.717) is 13.0 Å². The Morgan fingerprint density at radius 3 is 2.35 bits per heavy atom. The minimum absolute atomic E-state index is 0.0537. The normalized spacial score (nSPS) is 13.4. The van der Waals surface area contributed by atoms with Gasteiger partial charge in [0.2, 0.25) is 0 Å². The molecule has 1 rings (SSSR count). The molecule has 0 heterocycles. The molecule has 1 aromatic carbocycles. The second kappa shape index (κ2) is 6.02. The summed E-state index contributed by atoms with van der Waals surface area (Å²) >= 11 is 0. The summed E-state index contributed by atoms with van der Waals surface area (Å²) in [4.78, 5) is 0. The molecule has 0 fully saturated rings. The van der Waals surface area contributed by atoms with Crippen molar-refractivity contribution >= 4 is 9.84 Å². The van der Waals surface area contributed by atoms with Gasteiger partial charge in [0.25, 0.3) is 0 Å². The van der Waals surface area contributed by atoms with Crippen molar-refractivity contribution in [3.8, 4) is 5.75 Å². The van der Waals surface area contributed by atoms with Crippen molar-refractivity contribution in [1.29, 1.82) is 0 Å². The van der Waals surface area contributed by atoms with E-state index >= 15 is 0 Å². The van der Waals surface area contributed by atoms with E-state index in [-0.39, 0.29) is 5.75 Å². The maximum Gasteiger partial charge on any atom is 0.157 e. The Kier molecular flexibility index (Phi) is 4.96. The van der Waals surface area contributed by atoms with Crippen molar-refractivity contribution in [3.05, 3.63) is 29.8 Å². The molecule has 1 unspecified atom stereocenters. The number of rotatable bonds is 6. The lowest BCUT2D eigenvalue weighted by atomic mass is 10.2. The molecule has 96 valence electrons. The number of methoxy groups -OCH3 is 1. The van der Waals surface area contributed by atoms with E-state index in [1.165, 1.54) is 0 Å². The monoisotopic (exact) mass is 257 g/mol. The zero-order valence-electron chi connectivity index (χ0n) is 10.2. The number of hydrogen-bond acceptors (Lipinski definition) is 4. The molecule has 0 spiro atoms. The van der Waals surface area contributed by atoms with Crippen LogP contribution in [0.25, 0.3) is 0 Å². The molecule has 1 atom stereocenters. The topological polar surface area (TPSA) is 69.4 Å². The third-order valence-electron chi connectivity index (χ3n) is 2.71. The van der Waals surface area contributed by atoms with Crippen molar-refractivity contribution in [3.63, 3.8) is 0 Å². The Bertz CT molecular complexity index is 439. The molecule has 0 radical (unpaired) electrons. The fraction of sp³-hybridized carbons (Fsp3) is 0.500. The van der Waals surface area contributed by atoms with Gasteiger partial charge in [-0.05, 0) is 37.6 Å². The first-order chi connectivity index (χ1) is 7.99. The first-order valence-corrected chi connectivity index (χ1v) is 7.25. The standard InChI is InChI=1S/C12H19NO3S/c1-10(7-8-13)17(14,15)9-11-3-5-12(16-2)6-4-11/h3-6,10H,7-9,13H2,1-2H3. The fourth-order valence-corrected chi connectivity index (χ4v) is 2.95. The van der Waals surface area contributed by atoms with Crippen LogP contribution in [0.3, 0.4) is 0 Å². The number of ether oxygens (including phenoxy) is 1. The fourth-order valence-electron chi connectivity index (χ4n) is 1.51. The summed E-state index contributed by atoms with van der Waals surface area (Å²) in [5.74, 6) is 0.777. The van der Waals surface area contributed by atoms with Crippen LogP contribution in [-0.4, -0.2) is 27.3 Å². The van der Waals surface area contributed by atoms with Gasteiger partial charge >= 0.3 is 0 Å². The molecule has 0 amide bonds. The molecule has 0 aromatic heterocycles. The molecule has 0 aliphatic carbocycles. The molecule has 17 heavy (non-hydrogen) atoms. The summed E-state index contributed by atoms with van der Waals surface area (Å²) in [6.07, 6.45) is 0.499. The van der Waals surface area contributed by atoms with Gasteiger partial charge in [0.05, 0.1) is 18.1 Å². The predicted molar refractivity (Wildman–Crippen MR) is 68.8 cm³/mol. The third kappa shape index (κ3) is 4.02. The third-order valence-corrected chi connectivity index (χ3v) is 4.91. The molecule has 1 aromatic rings. The van der Waals surface area contributed by atoms with Gasteiger partial charge in [-0.2, -0.15) is 0 Å². The Morgan fingerprint density at radius 2 is 1.88 bits per heavy atom. The van der Waals surface area contributed by atoms with Gasteiger partial charge in [-0.3, -0.25) is 0 Å². The van der Waals surface area contributed by atoms with Gasteiger partial charge in [0.1, 0.15) is 5.75 Å². The van der Waals surface area contributed by atoms with Crippen LogP contribution in [0.1, 0.15) is 18.9 Å². The number of hydrogen-bond donors (Lipinski definition) is 1. The van der Waals surface area contributed by atoms with Crippen LogP contribution in [-0.2, 0) is 15.6 Å². The van der Waals surface area contributed by atoms with Gasteiger partial charge in [-0.1, -0.05) is 12.1 Å². The number of sulfone groups is 1. The molecule has 0 saturated carbocycles.